The average Bonchev–Trinajstić information content (AvgIpc) is 3.05. The van der Waals surface area contributed by atoms with Crippen LogP contribution in [-0.2, 0) is 17.6 Å². The number of carbonyl (C=O) groups excluding carboxylic acids is 1. The van der Waals surface area contributed by atoms with Gasteiger partial charge in [0.15, 0.2) is 0 Å². The first-order valence-electron chi connectivity index (χ1n) is 8.97. The Balaban J connectivity index is 1.58. The van der Waals surface area contributed by atoms with E-state index in [-0.39, 0.29) is 11.9 Å². The molecule has 4 nitrogen and oxygen atoms in total. The summed E-state index contributed by atoms with van der Waals surface area (Å²) in [6.07, 6.45) is 3.89. The van der Waals surface area contributed by atoms with Gasteiger partial charge in [-0.3, -0.25) is 4.79 Å². The largest absolute Gasteiger partial charge is 0.346 e. The number of aromatic nitrogens is 2. The van der Waals surface area contributed by atoms with E-state index < -0.39 is 0 Å². The van der Waals surface area contributed by atoms with Crippen LogP contribution in [0, 0.1) is 0 Å². The maximum atomic E-state index is 12.3. The lowest BCUT2D eigenvalue weighted by atomic mass is 10.0. The van der Waals surface area contributed by atoms with Crippen molar-refractivity contribution in [1.29, 1.82) is 0 Å². The molecule has 3 rings (SSSR count). The van der Waals surface area contributed by atoms with Gasteiger partial charge in [0.2, 0.25) is 5.91 Å². The van der Waals surface area contributed by atoms with Crippen LogP contribution in [-0.4, -0.2) is 15.9 Å². The monoisotopic (exact) mass is 335 g/mol. The summed E-state index contributed by atoms with van der Waals surface area (Å²) < 4.78 is 0. The van der Waals surface area contributed by atoms with Crippen molar-refractivity contribution in [3.05, 3.63) is 65.5 Å². The smallest absolute Gasteiger partial charge is 0.224 e. The first-order chi connectivity index (χ1) is 12.2. The Bertz CT molecular complexity index is 803. The number of carbonyl (C=O) groups is 1. The van der Waals surface area contributed by atoms with E-state index in [2.05, 4.69) is 46.5 Å². The van der Waals surface area contributed by atoms with Crippen molar-refractivity contribution >= 4 is 16.9 Å². The van der Waals surface area contributed by atoms with Crippen LogP contribution in [0.25, 0.3) is 11.0 Å². The van der Waals surface area contributed by atoms with Crippen LogP contribution in [0.15, 0.2) is 48.5 Å². The Labute approximate surface area is 148 Å². The van der Waals surface area contributed by atoms with Crippen molar-refractivity contribution in [2.24, 2.45) is 0 Å². The number of nitrogens with zero attached hydrogens (tertiary/aromatic N) is 1. The van der Waals surface area contributed by atoms with Gasteiger partial charge in [0.25, 0.3) is 0 Å². The molecule has 3 aromatic rings. The number of para-hydroxylation sites is 2. The van der Waals surface area contributed by atoms with Crippen LogP contribution in [0.1, 0.15) is 49.7 Å². The van der Waals surface area contributed by atoms with Crippen LogP contribution < -0.4 is 5.32 Å². The number of aromatic amines is 1. The number of hydrogen-bond donors (Lipinski definition) is 2. The molecule has 0 aliphatic carbocycles. The van der Waals surface area contributed by atoms with Crippen molar-refractivity contribution < 1.29 is 4.79 Å². The fraction of sp³-hybridized carbons (Fsp3) is 0.333. The second-order valence-corrected chi connectivity index (χ2v) is 6.53. The van der Waals surface area contributed by atoms with Crippen LogP contribution in [0.2, 0.25) is 0 Å². The van der Waals surface area contributed by atoms with Crippen molar-refractivity contribution in [2.75, 3.05) is 0 Å². The molecule has 2 aromatic carbocycles. The molecule has 0 aliphatic heterocycles. The summed E-state index contributed by atoms with van der Waals surface area (Å²) in [6, 6.07) is 16.1. The highest BCUT2D eigenvalue weighted by Crippen LogP contribution is 2.16. The molecule has 0 saturated heterocycles. The maximum absolute atomic E-state index is 12.3. The zero-order valence-electron chi connectivity index (χ0n) is 14.9. The van der Waals surface area contributed by atoms with Crippen LogP contribution >= 0.6 is 0 Å². The number of rotatable bonds is 7. The van der Waals surface area contributed by atoms with Gasteiger partial charge in [-0.1, -0.05) is 49.7 Å². The zero-order chi connectivity index (χ0) is 17.6. The number of benzene rings is 2. The minimum Gasteiger partial charge on any atom is -0.346 e. The SMILES string of the molecule is CCCCc1ccc(CC(=O)N[C@@H](C)c2nc3ccccc3[nH]2)cc1. The molecule has 2 N–H and O–H groups in total. The number of imidazole rings is 1. The molecule has 0 unspecified atom stereocenters. The first-order valence-corrected chi connectivity index (χ1v) is 8.97. The van der Waals surface area contributed by atoms with Gasteiger partial charge < -0.3 is 10.3 Å². The molecule has 0 aliphatic rings. The predicted molar refractivity (Wildman–Crippen MR) is 101 cm³/mol. The topological polar surface area (TPSA) is 57.8 Å². The molecule has 1 aromatic heterocycles. The van der Waals surface area contributed by atoms with Crippen LogP contribution in [0.3, 0.4) is 0 Å². The van der Waals surface area contributed by atoms with E-state index in [1.807, 2.05) is 31.2 Å². The third kappa shape index (κ3) is 4.47. The molecule has 1 amide bonds. The quantitative estimate of drug-likeness (QED) is 0.675. The number of aryl methyl sites for hydroxylation is 1. The van der Waals surface area contributed by atoms with Gasteiger partial charge in [-0.05, 0) is 43.0 Å². The van der Waals surface area contributed by atoms with Gasteiger partial charge >= 0.3 is 0 Å². The fourth-order valence-corrected chi connectivity index (χ4v) is 2.93. The Morgan fingerprint density at radius 3 is 2.56 bits per heavy atom. The number of hydrogen-bond acceptors (Lipinski definition) is 2. The van der Waals surface area contributed by atoms with E-state index in [1.165, 1.54) is 18.4 Å². The lowest BCUT2D eigenvalue weighted by Crippen LogP contribution is -2.28. The minimum absolute atomic E-state index is 0.00858. The summed E-state index contributed by atoms with van der Waals surface area (Å²) in [4.78, 5) is 20.1. The summed E-state index contributed by atoms with van der Waals surface area (Å²) in [5.74, 6) is 0.790. The van der Waals surface area contributed by atoms with E-state index in [0.717, 1.165) is 28.8 Å². The summed E-state index contributed by atoms with van der Waals surface area (Å²) in [7, 11) is 0. The molecular formula is C21H25N3O. The molecule has 0 bridgehead atoms. The highest BCUT2D eigenvalue weighted by atomic mass is 16.1. The van der Waals surface area contributed by atoms with E-state index in [1.54, 1.807) is 0 Å². The number of nitrogens with one attached hydrogen (secondary N) is 2. The van der Waals surface area contributed by atoms with Crippen molar-refractivity contribution in [3.63, 3.8) is 0 Å². The number of H-pyrrole nitrogens is 1. The Morgan fingerprint density at radius 2 is 1.84 bits per heavy atom. The molecule has 0 fully saturated rings. The summed E-state index contributed by atoms with van der Waals surface area (Å²) in [5.41, 5.74) is 4.28. The second kappa shape index (κ2) is 7.97. The maximum Gasteiger partial charge on any atom is 0.224 e. The van der Waals surface area contributed by atoms with E-state index >= 15 is 0 Å². The summed E-state index contributed by atoms with van der Waals surface area (Å²) in [6.45, 7) is 4.14. The highest BCUT2D eigenvalue weighted by Gasteiger charge is 2.13. The number of unbranched alkanes of at least 4 members (excludes halogenated alkanes) is 1. The molecule has 1 atom stereocenters. The van der Waals surface area contributed by atoms with E-state index in [9.17, 15) is 4.79 Å². The van der Waals surface area contributed by atoms with Crippen molar-refractivity contribution in [1.82, 2.24) is 15.3 Å². The average molecular weight is 335 g/mol. The number of amides is 1. The van der Waals surface area contributed by atoms with Gasteiger partial charge in [0.1, 0.15) is 5.82 Å². The lowest BCUT2D eigenvalue weighted by molar-refractivity contribution is -0.121. The van der Waals surface area contributed by atoms with Crippen LogP contribution in [0.4, 0.5) is 0 Å². The normalized spacial score (nSPS) is 12.2. The first kappa shape index (κ1) is 17.2. The molecule has 0 spiro atoms. The van der Waals surface area contributed by atoms with E-state index in [4.69, 9.17) is 0 Å². The van der Waals surface area contributed by atoms with Crippen LogP contribution in [0.5, 0.6) is 0 Å². The Kier molecular flexibility index (Phi) is 5.49. The molecule has 0 radical (unpaired) electrons. The Morgan fingerprint density at radius 1 is 1.12 bits per heavy atom. The number of fused-ring (bicyclic) bond motifs is 1. The fourth-order valence-electron chi connectivity index (χ4n) is 2.93. The van der Waals surface area contributed by atoms with Crippen molar-refractivity contribution in [2.45, 2.75) is 45.6 Å². The molecular weight excluding hydrogens is 310 g/mol. The standard InChI is InChI=1S/C21H25N3O/c1-3-4-7-16-10-12-17(13-11-16)14-20(25)22-15(2)21-23-18-8-5-6-9-19(18)24-21/h5-6,8-13,15H,3-4,7,14H2,1-2H3,(H,22,25)(H,23,24)/t15-/m0/s1. The van der Waals surface area contributed by atoms with Gasteiger partial charge in [0.05, 0.1) is 23.5 Å². The predicted octanol–water partition coefficient (Wildman–Crippen LogP) is 4.33. The third-order valence-electron chi connectivity index (χ3n) is 4.40. The van der Waals surface area contributed by atoms with Gasteiger partial charge in [0, 0.05) is 0 Å². The van der Waals surface area contributed by atoms with Gasteiger partial charge in [-0.25, -0.2) is 4.98 Å². The summed E-state index contributed by atoms with van der Waals surface area (Å²) >= 11 is 0. The summed E-state index contributed by atoms with van der Waals surface area (Å²) in [5, 5.41) is 3.02. The zero-order valence-corrected chi connectivity index (χ0v) is 14.9. The van der Waals surface area contributed by atoms with Gasteiger partial charge in [-0.2, -0.15) is 0 Å². The highest BCUT2D eigenvalue weighted by molar-refractivity contribution is 5.79. The minimum atomic E-state index is -0.149. The third-order valence-corrected chi connectivity index (χ3v) is 4.40. The Hall–Kier alpha value is -2.62. The van der Waals surface area contributed by atoms with Crippen molar-refractivity contribution in [3.8, 4) is 0 Å². The molecule has 25 heavy (non-hydrogen) atoms. The molecule has 4 heteroatoms. The lowest BCUT2D eigenvalue weighted by Gasteiger charge is -2.11. The second-order valence-electron chi connectivity index (χ2n) is 6.53. The molecule has 0 saturated carbocycles. The molecule has 130 valence electrons. The van der Waals surface area contributed by atoms with Gasteiger partial charge in [-0.15, -0.1) is 0 Å². The molecule has 1 heterocycles. The van der Waals surface area contributed by atoms with E-state index in [0.29, 0.717) is 6.42 Å².